The van der Waals surface area contributed by atoms with Crippen molar-refractivity contribution < 1.29 is 15.0 Å². The van der Waals surface area contributed by atoms with Crippen LogP contribution in [0.2, 0.25) is 0 Å². The Morgan fingerprint density at radius 2 is 2.00 bits per heavy atom. The summed E-state index contributed by atoms with van der Waals surface area (Å²) in [7, 11) is 0. The van der Waals surface area contributed by atoms with Crippen molar-refractivity contribution in [3.8, 4) is 0 Å². The summed E-state index contributed by atoms with van der Waals surface area (Å²) in [6, 6.07) is 5.74. The topological polar surface area (TPSA) is 57.5 Å². The van der Waals surface area contributed by atoms with Crippen molar-refractivity contribution in [2.75, 3.05) is 5.75 Å². The molecule has 0 saturated heterocycles. The lowest BCUT2D eigenvalue weighted by atomic mass is 9.98. The lowest BCUT2D eigenvalue weighted by Gasteiger charge is -2.19. The summed E-state index contributed by atoms with van der Waals surface area (Å²) in [4.78, 5) is 10.8. The molecule has 0 aromatic heterocycles. The minimum atomic E-state index is -0.943. The fraction of sp³-hybridized carbons (Fsp3) is 0.462. The number of benzene rings is 1. The lowest BCUT2D eigenvalue weighted by Crippen LogP contribution is -2.22. The monoisotopic (exact) mass is 254 g/mol. The third kappa shape index (κ3) is 4.15. The molecule has 94 valence electrons. The summed E-state index contributed by atoms with van der Waals surface area (Å²) in [5.74, 6) is 0.212. The molecule has 2 unspecified atom stereocenters. The summed E-state index contributed by atoms with van der Waals surface area (Å²) < 4.78 is 0. The molecule has 1 aromatic carbocycles. The highest BCUT2D eigenvalue weighted by atomic mass is 32.2. The van der Waals surface area contributed by atoms with E-state index in [-0.39, 0.29) is 10.9 Å². The van der Waals surface area contributed by atoms with Crippen molar-refractivity contribution in [3.05, 3.63) is 34.9 Å². The summed E-state index contributed by atoms with van der Waals surface area (Å²) in [6.45, 7) is 5.27. The van der Waals surface area contributed by atoms with Gasteiger partial charge in [0.2, 0.25) is 0 Å². The number of aryl methyl sites for hydroxylation is 2. The Kier molecular flexibility index (Phi) is 5.18. The van der Waals surface area contributed by atoms with Crippen LogP contribution >= 0.6 is 11.8 Å². The van der Waals surface area contributed by atoms with Crippen LogP contribution in [0.15, 0.2) is 18.2 Å². The molecule has 0 aliphatic carbocycles. The fourth-order valence-corrected chi connectivity index (χ4v) is 2.17. The van der Waals surface area contributed by atoms with E-state index in [2.05, 4.69) is 0 Å². The molecule has 0 fully saturated rings. The molecule has 0 radical (unpaired) electrons. The van der Waals surface area contributed by atoms with Crippen molar-refractivity contribution in [3.63, 3.8) is 0 Å². The van der Waals surface area contributed by atoms with Gasteiger partial charge in [-0.3, -0.25) is 4.79 Å². The number of hydrogen-bond acceptors (Lipinski definition) is 4. The minimum Gasteiger partial charge on any atom is -0.389 e. The van der Waals surface area contributed by atoms with Gasteiger partial charge in [0.1, 0.15) is 6.10 Å². The smallest absolute Gasteiger partial charge is 0.185 e. The van der Waals surface area contributed by atoms with Gasteiger partial charge in [-0.25, -0.2) is 0 Å². The molecule has 1 aromatic rings. The maximum atomic E-state index is 10.8. The van der Waals surface area contributed by atoms with Gasteiger partial charge in [-0.05, 0) is 25.0 Å². The van der Waals surface area contributed by atoms with E-state index in [1.54, 1.807) is 0 Å². The quantitative estimate of drug-likeness (QED) is 0.862. The summed E-state index contributed by atoms with van der Waals surface area (Å²) in [6.07, 6.45) is -1.87. The van der Waals surface area contributed by atoms with Crippen LogP contribution in [0.5, 0.6) is 0 Å². The Balaban J connectivity index is 2.77. The average molecular weight is 254 g/mol. The molecule has 17 heavy (non-hydrogen) atoms. The molecule has 0 heterocycles. The molecule has 0 spiro atoms. The second-order valence-corrected chi connectivity index (χ2v) is 5.37. The third-order valence-corrected chi connectivity index (χ3v) is 3.49. The van der Waals surface area contributed by atoms with E-state index in [0.29, 0.717) is 0 Å². The predicted molar refractivity (Wildman–Crippen MR) is 70.0 cm³/mol. The molecule has 0 amide bonds. The number of aliphatic hydroxyl groups excluding tert-OH is 2. The van der Waals surface area contributed by atoms with Crippen LogP contribution in [0, 0.1) is 13.8 Å². The normalized spacial score (nSPS) is 14.4. The van der Waals surface area contributed by atoms with Crippen molar-refractivity contribution >= 4 is 16.9 Å². The van der Waals surface area contributed by atoms with Crippen molar-refractivity contribution in [2.45, 2.75) is 33.0 Å². The number of hydrogen-bond donors (Lipinski definition) is 2. The molecular weight excluding hydrogens is 236 g/mol. The van der Waals surface area contributed by atoms with Crippen LogP contribution in [-0.4, -0.2) is 27.2 Å². The van der Waals surface area contributed by atoms with Crippen molar-refractivity contribution in [1.29, 1.82) is 0 Å². The van der Waals surface area contributed by atoms with E-state index in [1.165, 1.54) is 6.92 Å². The highest BCUT2D eigenvalue weighted by molar-refractivity contribution is 8.13. The standard InChI is InChI=1S/C13H18O3S/c1-8-4-5-9(2)11(6-8)13(16)12(15)7-17-10(3)14/h4-6,12-13,15-16H,7H2,1-3H3. The zero-order valence-corrected chi connectivity index (χ0v) is 11.1. The zero-order chi connectivity index (χ0) is 13.0. The number of aliphatic hydroxyl groups is 2. The first-order valence-electron chi connectivity index (χ1n) is 5.48. The molecule has 4 heteroatoms. The Morgan fingerprint density at radius 3 is 2.59 bits per heavy atom. The van der Waals surface area contributed by atoms with Gasteiger partial charge in [0.05, 0.1) is 6.10 Å². The number of rotatable bonds is 4. The van der Waals surface area contributed by atoms with E-state index < -0.39 is 12.2 Å². The van der Waals surface area contributed by atoms with Gasteiger partial charge < -0.3 is 10.2 Å². The molecule has 1 rings (SSSR count). The Hall–Kier alpha value is -0.840. The number of carbonyl (C=O) groups is 1. The maximum Gasteiger partial charge on any atom is 0.185 e. The Bertz CT molecular complexity index is 404. The first-order valence-corrected chi connectivity index (χ1v) is 6.47. The highest BCUT2D eigenvalue weighted by Crippen LogP contribution is 2.24. The van der Waals surface area contributed by atoms with E-state index >= 15 is 0 Å². The molecule has 2 N–H and O–H groups in total. The van der Waals surface area contributed by atoms with E-state index in [4.69, 9.17) is 0 Å². The average Bonchev–Trinajstić information content (AvgIpc) is 2.28. The zero-order valence-electron chi connectivity index (χ0n) is 10.3. The van der Waals surface area contributed by atoms with Gasteiger partial charge in [-0.2, -0.15) is 0 Å². The van der Waals surface area contributed by atoms with E-state index in [0.717, 1.165) is 28.5 Å². The Labute approximate surface area is 106 Å². The Morgan fingerprint density at radius 1 is 1.35 bits per heavy atom. The minimum absolute atomic E-state index is 0.0581. The molecule has 0 aliphatic rings. The highest BCUT2D eigenvalue weighted by Gasteiger charge is 2.20. The van der Waals surface area contributed by atoms with Gasteiger partial charge in [0.25, 0.3) is 0 Å². The van der Waals surface area contributed by atoms with E-state index in [9.17, 15) is 15.0 Å². The number of thioether (sulfide) groups is 1. The van der Waals surface area contributed by atoms with Gasteiger partial charge >= 0.3 is 0 Å². The third-order valence-electron chi connectivity index (χ3n) is 2.58. The number of carbonyl (C=O) groups excluding carboxylic acids is 1. The van der Waals surface area contributed by atoms with Crippen LogP contribution < -0.4 is 0 Å². The fourth-order valence-electron chi connectivity index (χ4n) is 1.58. The van der Waals surface area contributed by atoms with Crippen molar-refractivity contribution in [1.82, 2.24) is 0 Å². The lowest BCUT2D eigenvalue weighted by molar-refractivity contribution is -0.109. The molecule has 0 bridgehead atoms. The van der Waals surface area contributed by atoms with E-state index in [1.807, 2.05) is 32.0 Å². The van der Waals surface area contributed by atoms with Gasteiger partial charge in [-0.1, -0.05) is 35.5 Å². The maximum absolute atomic E-state index is 10.8. The first-order chi connectivity index (χ1) is 7.91. The molecular formula is C13H18O3S. The second-order valence-electron chi connectivity index (χ2n) is 4.17. The van der Waals surface area contributed by atoms with Gasteiger partial charge in [-0.15, -0.1) is 0 Å². The van der Waals surface area contributed by atoms with Gasteiger partial charge in [0, 0.05) is 12.7 Å². The molecule has 0 saturated carbocycles. The second kappa shape index (κ2) is 6.19. The van der Waals surface area contributed by atoms with Crippen molar-refractivity contribution in [2.24, 2.45) is 0 Å². The van der Waals surface area contributed by atoms with Crippen LogP contribution in [0.1, 0.15) is 29.7 Å². The van der Waals surface area contributed by atoms with Gasteiger partial charge in [0.15, 0.2) is 5.12 Å². The predicted octanol–water partition coefficient (Wildman–Crippen LogP) is 1.98. The SMILES string of the molecule is CC(=O)SCC(O)C(O)c1cc(C)ccc1C. The van der Waals surface area contributed by atoms with Crippen LogP contribution in [-0.2, 0) is 4.79 Å². The molecule has 2 atom stereocenters. The summed E-state index contributed by atoms with van der Waals surface area (Å²) >= 11 is 1.02. The van der Waals surface area contributed by atoms with Crippen LogP contribution in [0.4, 0.5) is 0 Å². The summed E-state index contributed by atoms with van der Waals surface area (Å²) in [5.41, 5.74) is 2.70. The summed E-state index contributed by atoms with van der Waals surface area (Å²) in [5, 5.41) is 19.8. The molecule has 3 nitrogen and oxygen atoms in total. The van der Waals surface area contributed by atoms with Crippen LogP contribution in [0.3, 0.4) is 0 Å². The largest absolute Gasteiger partial charge is 0.389 e. The molecule has 0 aliphatic heterocycles. The van der Waals surface area contributed by atoms with Crippen LogP contribution in [0.25, 0.3) is 0 Å². The first kappa shape index (κ1) is 14.2.